The van der Waals surface area contributed by atoms with E-state index in [1.165, 1.54) is 11.3 Å². The fraction of sp³-hybridized carbons (Fsp3) is 0.222. The molecule has 4 rings (SSSR count). The van der Waals surface area contributed by atoms with Crippen LogP contribution in [0, 0.1) is 0 Å². The first-order chi connectivity index (χ1) is 10.4. The third-order valence-corrected chi connectivity index (χ3v) is 5.64. The van der Waals surface area contributed by atoms with E-state index < -0.39 is 0 Å². The first kappa shape index (κ1) is 13.6. The van der Waals surface area contributed by atoms with Gasteiger partial charge in [-0.15, -0.1) is 11.8 Å². The fourth-order valence-corrected chi connectivity index (χ4v) is 4.79. The lowest BCUT2D eigenvalue weighted by molar-refractivity contribution is 0.473. The number of aryl methyl sites for hydroxylation is 1. The molecule has 0 amide bonds. The molecule has 3 aromatic rings. The van der Waals surface area contributed by atoms with Crippen molar-refractivity contribution in [2.45, 2.75) is 23.5 Å². The van der Waals surface area contributed by atoms with Gasteiger partial charge in [-0.3, -0.25) is 0 Å². The minimum Gasteiger partial charge on any atom is -0.508 e. The van der Waals surface area contributed by atoms with Crippen molar-refractivity contribution in [3.05, 3.63) is 42.0 Å². The van der Waals surface area contributed by atoms with Crippen LogP contribution in [0.1, 0.15) is 19.4 Å². The van der Waals surface area contributed by atoms with Crippen molar-refractivity contribution in [3.8, 4) is 22.8 Å². The summed E-state index contributed by atoms with van der Waals surface area (Å²) in [6.07, 6.45) is 0. The summed E-state index contributed by atoms with van der Waals surface area (Å²) in [5, 5.41) is 20.8. The van der Waals surface area contributed by atoms with Gasteiger partial charge in [-0.2, -0.15) is 0 Å². The Morgan fingerprint density at radius 1 is 1.00 bits per heavy atom. The standard InChI is InChI=1S/C18H17NO2S/c1-18(2)16-13-8-10(20)5-7-14(13)19(3)17(16)12-6-4-11(21)9-15(12)22-18/h4-9,20-21H,1-3H3. The predicted octanol–water partition coefficient (Wildman–Crippen LogP) is 4.60. The lowest BCUT2D eigenvalue weighted by Gasteiger charge is -2.32. The molecule has 0 aliphatic carbocycles. The molecule has 2 N–H and O–H groups in total. The molecule has 22 heavy (non-hydrogen) atoms. The molecule has 0 radical (unpaired) electrons. The monoisotopic (exact) mass is 311 g/mol. The summed E-state index contributed by atoms with van der Waals surface area (Å²) in [7, 11) is 2.06. The molecule has 1 aliphatic heterocycles. The molecule has 0 unspecified atom stereocenters. The number of hydrogen-bond donors (Lipinski definition) is 2. The van der Waals surface area contributed by atoms with Crippen LogP contribution in [0.15, 0.2) is 41.3 Å². The number of benzene rings is 2. The Kier molecular flexibility index (Phi) is 2.61. The highest BCUT2D eigenvalue weighted by Crippen LogP contribution is 2.56. The van der Waals surface area contributed by atoms with E-state index in [-0.39, 0.29) is 4.75 Å². The highest BCUT2D eigenvalue weighted by molar-refractivity contribution is 8.00. The number of phenolic OH excluding ortho intramolecular Hbond substituents is 2. The molecule has 1 aromatic heterocycles. The minimum atomic E-state index is -0.135. The van der Waals surface area contributed by atoms with Crippen LogP contribution < -0.4 is 0 Å². The Morgan fingerprint density at radius 2 is 1.68 bits per heavy atom. The largest absolute Gasteiger partial charge is 0.508 e. The maximum atomic E-state index is 9.89. The molecule has 0 fully saturated rings. The zero-order chi connectivity index (χ0) is 15.6. The van der Waals surface area contributed by atoms with Crippen molar-refractivity contribution in [3.63, 3.8) is 0 Å². The average molecular weight is 311 g/mol. The second-order valence-corrected chi connectivity index (χ2v) is 7.94. The molecule has 2 aromatic carbocycles. The SMILES string of the molecule is Cn1c2c(c3cc(O)ccc31)C(C)(C)Sc1cc(O)ccc1-2. The van der Waals surface area contributed by atoms with Crippen molar-refractivity contribution in [2.75, 3.05) is 0 Å². The summed E-state index contributed by atoms with van der Waals surface area (Å²) >= 11 is 1.75. The summed E-state index contributed by atoms with van der Waals surface area (Å²) in [6, 6.07) is 11.1. The van der Waals surface area contributed by atoms with Crippen molar-refractivity contribution < 1.29 is 10.2 Å². The molecule has 0 spiro atoms. The normalized spacial score (nSPS) is 15.6. The topological polar surface area (TPSA) is 45.4 Å². The number of aromatic hydroxyl groups is 2. The van der Waals surface area contributed by atoms with Crippen molar-refractivity contribution in [2.24, 2.45) is 7.05 Å². The van der Waals surface area contributed by atoms with Gasteiger partial charge in [-0.1, -0.05) is 0 Å². The molecule has 4 heteroatoms. The maximum absolute atomic E-state index is 9.89. The van der Waals surface area contributed by atoms with E-state index in [2.05, 4.69) is 25.5 Å². The highest BCUT2D eigenvalue weighted by Gasteiger charge is 2.36. The van der Waals surface area contributed by atoms with Gasteiger partial charge in [0.25, 0.3) is 0 Å². The Labute approximate surface area is 133 Å². The van der Waals surface area contributed by atoms with Crippen LogP contribution in [-0.4, -0.2) is 14.8 Å². The zero-order valence-electron chi connectivity index (χ0n) is 12.7. The molecule has 1 aliphatic rings. The van der Waals surface area contributed by atoms with E-state index >= 15 is 0 Å². The molecule has 112 valence electrons. The van der Waals surface area contributed by atoms with E-state index in [4.69, 9.17) is 0 Å². The van der Waals surface area contributed by atoms with Crippen LogP contribution >= 0.6 is 11.8 Å². The zero-order valence-corrected chi connectivity index (χ0v) is 13.5. The summed E-state index contributed by atoms with van der Waals surface area (Å²) < 4.78 is 2.05. The minimum absolute atomic E-state index is 0.135. The van der Waals surface area contributed by atoms with Crippen LogP contribution in [0.25, 0.3) is 22.2 Å². The molecular weight excluding hydrogens is 294 g/mol. The van der Waals surface area contributed by atoms with E-state index in [1.807, 2.05) is 24.3 Å². The Bertz CT molecular complexity index is 924. The number of rotatable bonds is 0. The van der Waals surface area contributed by atoms with E-state index in [0.29, 0.717) is 11.5 Å². The van der Waals surface area contributed by atoms with Crippen molar-refractivity contribution >= 4 is 22.7 Å². The fourth-order valence-electron chi connectivity index (χ4n) is 3.47. The Hall–Kier alpha value is -2.07. The number of thioether (sulfide) groups is 1. The van der Waals surface area contributed by atoms with Gasteiger partial charge in [0, 0.05) is 38.7 Å². The van der Waals surface area contributed by atoms with Crippen molar-refractivity contribution in [1.29, 1.82) is 0 Å². The van der Waals surface area contributed by atoms with Gasteiger partial charge in [0.15, 0.2) is 0 Å². The molecule has 0 atom stereocenters. The van der Waals surface area contributed by atoms with Crippen LogP contribution in [0.4, 0.5) is 0 Å². The van der Waals surface area contributed by atoms with Gasteiger partial charge >= 0.3 is 0 Å². The van der Waals surface area contributed by atoms with E-state index in [9.17, 15) is 10.2 Å². The quantitative estimate of drug-likeness (QED) is 0.638. The molecular formula is C18H17NO2S. The second-order valence-electron chi connectivity index (χ2n) is 6.28. The first-order valence-electron chi connectivity index (χ1n) is 7.23. The van der Waals surface area contributed by atoms with Gasteiger partial charge < -0.3 is 14.8 Å². The van der Waals surface area contributed by atoms with Gasteiger partial charge in [0.05, 0.1) is 5.69 Å². The van der Waals surface area contributed by atoms with Gasteiger partial charge in [-0.25, -0.2) is 0 Å². The molecule has 0 bridgehead atoms. The number of hydrogen-bond acceptors (Lipinski definition) is 3. The Morgan fingerprint density at radius 3 is 2.45 bits per heavy atom. The highest BCUT2D eigenvalue weighted by atomic mass is 32.2. The lowest BCUT2D eigenvalue weighted by Crippen LogP contribution is -2.17. The molecule has 0 saturated heterocycles. The third kappa shape index (κ3) is 1.70. The first-order valence-corrected chi connectivity index (χ1v) is 8.04. The summed E-state index contributed by atoms with van der Waals surface area (Å²) in [5.41, 5.74) is 4.65. The predicted molar refractivity (Wildman–Crippen MR) is 90.6 cm³/mol. The van der Waals surface area contributed by atoms with Crippen molar-refractivity contribution in [1.82, 2.24) is 4.57 Å². The average Bonchev–Trinajstić information content (AvgIpc) is 2.72. The van der Waals surface area contributed by atoms with E-state index in [0.717, 1.165) is 21.4 Å². The smallest absolute Gasteiger partial charge is 0.116 e. The summed E-state index contributed by atoms with van der Waals surface area (Å²) in [6.45, 7) is 4.37. The number of fused-ring (bicyclic) bond motifs is 5. The number of phenols is 2. The number of aromatic nitrogens is 1. The Balaban J connectivity index is 2.18. The van der Waals surface area contributed by atoms with E-state index in [1.54, 1.807) is 23.9 Å². The second kappa shape index (κ2) is 4.23. The van der Waals surface area contributed by atoms with Gasteiger partial charge in [0.2, 0.25) is 0 Å². The molecule has 0 saturated carbocycles. The van der Waals surface area contributed by atoms with Crippen LogP contribution in [0.3, 0.4) is 0 Å². The van der Waals surface area contributed by atoms with Gasteiger partial charge in [-0.05, 0) is 50.2 Å². The summed E-state index contributed by atoms with van der Waals surface area (Å²) in [5.74, 6) is 0.583. The van der Waals surface area contributed by atoms with Crippen LogP contribution in [-0.2, 0) is 11.8 Å². The maximum Gasteiger partial charge on any atom is 0.116 e. The third-order valence-electron chi connectivity index (χ3n) is 4.37. The summed E-state index contributed by atoms with van der Waals surface area (Å²) in [4.78, 5) is 1.09. The van der Waals surface area contributed by atoms with Crippen LogP contribution in [0.2, 0.25) is 0 Å². The lowest BCUT2D eigenvalue weighted by atomic mass is 9.94. The molecule has 2 heterocycles. The van der Waals surface area contributed by atoms with Gasteiger partial charge in [0.1, 0.15) is 11.5 Å². The number of nitrogens with zero attached hydrogens (tertiary/aromatic N) is 1. The van der Waals surface area contributed by atoms with Crippen LogP contribution in [0.5, 0.6) is 11.5 Å². The molecule has 3 nitrogen and oxygen atoms in total.